The van der Waals surface area contributed by atoms with Crippen LogP contribution in [0.25, 0.3) is 6.08 Å². The van der Waals surface area contributed by atoms with Gasteiger partial charge in [0, 0.05) is 13.6 Å². The van der Waals surface area contributed by atoms with Crippen molar-refractivity contribution in [2.24, 2.45) is 0 Å². The summed E-state index contributed by atoms with van der Waals surface area (Å²) in [4.78, 5) is 0.323. The van der Waals surface area contributed by atoms with Gasteiger partial charge in [-0.2, -0.15) is 4.31 Å². The highest BCUT2D eigenvalue weighted by Crippen LogP contribution is 2.15. The largest absolute Gasteiger partial charge is 0.243 e. The Bertz CT molecular complexity index is 704. The average Bonchev–Trinajstić information content (AvgIpc) is 2.48. The number of likely N-dealkylation sites (N-methyl/N-ethyl adjacent to an activating group) is 1. The molecule has 0 amide bonds. The number of hydrogen-bond acceptors (Lipinski definition) is 2. The summed E-state index contributed by atoms with van der Waals surface area (Å²) in [5.41, 5.74) is 2.10. The van der Waals surface area contributed by atoms with E-state index >= 15 is 0 Å². The van der Waals surface area contributed by atoms with Crippen LogP contribution in [0.15, 0.2) is 65.6 Å². The van der Waals surface area contributed by atoms with Gasteiger partial charge < -0.3 is 0 Å². The molecule has 3 nitrogen and oxygen atoms in total. The number of nitrogens with zero attached hydrogens (tertiary/aromatic N) is 1. The first-order valence-electron chi connectivity index (χ1n) is 6.75. The molecule has 0 aliphatic heterocycles. The van der Waals surface area contributed by atoms with Crippen molar-refractivity contribution in [2.45, 2.75) is 11.8 Å². The maximum absolute atomic E-state index is 12.4. The summed E-state index contributed by atoms with van der Waals surface area (Å²) in [5, 5.41) is 0. The van der Waals surface area contributed by atoms with E-state index in [4.69, 9.17) is 0 Å². The Hall–Kier alpha value is -1.91. The van der Waals surface area contributed by atoms with E-state index in [2.05, 4.69) is 0 Å². The minimum Gasteiger partial charge on any atom is -0.207 e. The highest BCUT2D eigenvalue weighted by Gasteiger charge is 2.18. The lowest BCUT2D eigenvalue weighted by Crippen LogP contribution is -2.27. The third kappa shape index (κ3) is 4.03. The number of aryl methyl sites for hydroxylation is 1. The van der Waals surface area contributed by atoms with Gasteiger partial charge in [-0.1, -0.05) is 60.2 Å². The number of hydrogen-bond donors (Lipinski definition) is 0. The molecule has 0 saturated heterocycles. The van der Waals surface area contributed by atoms with Crippen molar-refractivity contribution in [2.75, 3.05) is 13.6 Å². The van der Waals surface area contributed by atoms with E-state index in [-0.39, 0.29) is 0 Å². The number of benzene rings is 2. The molecule has 0 atom stereocenters. The number of sulfonamides is 1. The van der Waals surface area contributed by atoms with Gasteiger partial charge in [0.1, 0.15) is 0 Å². The van der Waals surface area contributed by atoms with Crippen molar-refractivity contribution < 1.29 is 8.42 Å². The molecule has 2 aromatic rings. The molecule has 21 heavy (non-hydrogen) atoms. The van der Waals surface area contributed by atoms with Crippen molar-refractivity contribution in [1.82, 2.24) is 4.31 Å². The van der Waals surface area contributed by atoms with Gasteiger partial charge in [0.05, 0.1) is 4.90 Å². The first-order chi connectivity index (χ1) is 10.00. The van der Waals surface area contributed by atoms with E-state index in [1.807, 2.05) is 49.4 Å². The molecule has 0 unspecified atom stereocenters. The second kappa shape index (κ2) is 6.70. The normalized spacial score (nSPS) is 12.1. The van der Waals surface area contributed by atoms with Crippen LogP contribution in [-0.2, 0) is 10.0 Å². The molecular formula is C17H19NO2S. The van der Waals surface area contributed by atoms with Gasteiger partial charge in [-0.05, 0) is 24.6 Å². The van der Waals surface area contributed by atoms with Crippen LogP contribution in [0.3, 0.4) is 0 Å². The van der Waals surface area contributed by atoms with Crippen molar-refractivity contribution >= 4 is 16.1 Å². The zero-order chi connectivity index (χ0) is 15.3. The van der Waals surface area contributed by atoms with Crippen LogP contribution in [-0.4, -0.2) is 26.3 Å². The molecule has 0 aromatic heterocycles. The molecule has 0 aliphatic carbocycles. The Morgan fingerprint density at radius 1 is 1.00 bits per heavy atom. The van der Waals surface area contributed by atoms with Crippen molar-refractivity contribution in [3.63, 3.8) is 0 Å². The predicted octanol–water partition coefficient (Wildman–Crippen LogP) is 3.33. The van der Waals surface area contributed by atoms with Crippen molar-refractivity contribution in [3.8, 4) is 0 Å². The Morgan fingerprint density at radius 3 is 2.24 bits per heavy atom. The molecule has 2 rings (SSSR count). The minimum absolute atomic E-state index is 0.323. The molecule has 2 aromatic carbocycles. The smallest absolute Gasteiger partial charge is 0.207 e. The highest BCUT2D eigenvalue weighted by molar-refractivity contribution is 7.89. The van der Waals surface area contributed by atoms with E-state index < -0.39 is 10.0 Å². The van der Waals surface area contributed by atoms with Gasteiger partial charge in [0.2, 0.25) is 10.0 Å². The third-order valence-electron chi connectivity index (χ3n) is 3.20. The minimum atomic E-state index is -3.43. The van der Waals surface area contributed by atoms with Gasteiger partial charge >= 0.3 is 0 Å². The van der Waals surface area contributed by atoms with Crippen molar-refractivity contribution in [3.05, 3.63) is 71.8 Å². The molecule has 0 heterocycles. The Morgan fingerprint density at radius 2 is 1.62 bits per heavy atom. The molecule has 0 radical (unpaired) electrons. The molecule has 0 fully saturated rings. The van der Waals surface area contributed by atoms with E-state index in [0.717, 1.165) is 11.1 Å². The van der Waals surface area contributed by atoms with Crippen LogP contribution in [0.5, 0.6) is 0 Å². The topological polar surface area (TPSA) is 37.4 Å². The lowest BCUT2D eigenvalue weighted by Gasteiger charge is -2.15. The molecule has 0 aliphatic rings. The van der Waals surface area contributed by atoms with Gasteiger partial charge in [-0.3, -0.25) is 0 Å². The quantitative estimate of drug-likeness (QED) is 0.849. The molecule has 0 bridgehead atoms. The Balaban J connectivity index is 2.07. The summed E-state index contributed by atoms with van der Waals surface area (Å²) < 4.78 is 26.1. The van der Waals surface area contributed by atoms with Crippen LogP contribution in [0.4, 0.5) is 0 Å². The fourth-order valence-electron chi connectivity index (χ4n) is 1.89. The average molecular weight is 301 g/mol. The third-order valence-corrected chi connectivity index (χ3v) is 5.04. The summed E-state index contributed by atoms with van der Waals surface area (Å²) in [6.07, 6.45) is 3.77. The monoisotopic (exact) mass is 301 g/mol. The second-order valence-corrected chi connectivity index (χ2v) is 6.96. The van der Waals surface area contributed by atoms with Gasteiger partial charge in [-0.15, -0.1) is 0 Å². The highest BCUT2D eigenvalue weighted by atomic mass is 32.2. The number of rotatable bonds is 5. The fraction of sp³-hybridized carbons (Fsp3) is 0.176. The van der Waals surface area contributed by atoms with Gasteiger partial charge in [0.25, 0.3) is 0 Å². The molecule has 4 heteroatoms. The van der Waals surface area contributed by atoms with Crippen LogP contribution >= 0.6 is 0 Å². The first kappa shape index (κ1) is 15.5. The molecule has 0 N–H and O–H groups in total. The Kier molecular flexibility index (Phi) is 4.94. The molecule has 110 valence electrons. The molecular weight excluding hydrogens is 282 g/mol. The van der Waals surface area contributed by atoms with E-state index in [1.54, 1.807) is 31.3 Å². The zero-order valence-electron chi connectivity index (χ0n) is 12.2. The second-order valence-electron chi connectivity index (χ2n) is 4.91. The van der Waals surface area contributed by atoms with Gasteiger partial charge in [0.15, 0.2) is 0 Å². The summed E-state index contributed by atoms with van der Waals surface area (Å²) in [6, 6.07) is 16.7. The summed E-state index contributed by atoms with van der Waals surface area (Å²) in [7, 11) is -1.84. The lowest BCUT2D eigenvalue weighted by atomic mass is 10.2. The first-order valence-corrected chi connectivity index (χ1v) is 8.19. The summed E-state index contributed by atoms with van der Waals surface area (Å²) >= 11 is 0. The van der Waals surface area contributed by atoms with Crippen molar-refractivity contribution in [1.29, 1.82) is 0 Å². The zero-order valence-corrected chi connectivity index (χ0v) is 13.0. The van der Waals surface area contributed by atoms with Crippen LogP contribution in [0.1, 0.15) is 11.1 Å². The van der Waals surface area contributed by atoms with E-state index in [1.165, 1.54) is 4.31 Å². The Labute approximate surface area is 126 Å². The van der Waals surface area contributed by atoms with Crippen LogP contribution in [0, 0.1) is 6.92 Å². The van der Waals surface area contributed by atoms with E-state index in [0.29, 0.717) is 11.4 Å². The van der Waals surface area contributed by atoms with Crippen LogP contribution < -0.4 is 0 Å². The standard InChI is InChI=1S/C17H19NO2S/c1-15-10-12-17(13-11-15)21(19,20)18(2)14-6-9-16-7-4-3-5-8-16/h3-13H,14H2,1-2H3. The molecule has 0 saturated carbocycles. The molecule has 0 spiro atoms. The van der Waals surface area contributed by atoms with Gasteiger partial charge in [-0.25, -0.2) is 8.42 Å². The fourth-order valence-corrected chi connectivity index (χ4v) is 3.01. The summed E-state index contributed by atoms with van der Waals surface area (Å²) in [5.74, 6) is 0. The van der Waals surface area contributed by atoms with E-state index in [9.17, 15) is 8.42 Å². The summed E-state index contributed by atoms with van der Waals surface area (Å²) in [6.45, 7) is 2.27. The lowest BCUT2D eigenvalue weighted by molar-refractivity contribution is 0.499. The maximum Gasteiger partial charge on any atom is 0.243 e. The SMILES string of the molecule is Cc1ccc(S(=O)(=O)N(C)CC=Cc2ccccc2)cc1. The maximum atomic E-state index is 12.4. The van der Waals surface area contributed by atoms with Crippen LogP contribution in [0.2, 0.25) is 0 Å². The predicted molar refractivity (Wildman–Crippen MR) is 86.5 cm³/mol.